The van der Waals surface area contributed by atoms with Crippen molar-refractivity contribution in [2.75, 3.05) is 26.2 Å². The Balaban J connectivity index is 1.59. The van der Waals surface area contributed by atoms with E-state index in [-0.39, 0.29) is 12.1 Å². The summed E-state index contributed by atoms with van der Waals surface area (Å²) in [5.74, 6) is 0. The molecule has 4 unspecified atom stereocenters. The van der Waals surface area contributed by atoms with Crippen molar-refractivity contribution in [1.82, 2.24) is 15.1 Å². The van der Waals surface area contributed by atoms with Gasteiger partial charge in [0.15, 0.2) is 0 Å². The quantitative estimate of drug-likeness (QED) is 0.778. The molecule has 3 aliphatic rings. The van der Waals surface area contributed by atoms with Crippen LogP contribution in [0.25, 0.3) is 0 Å². The molecule has 2 aliphatic heterocycles. The van der Waals surface area contributed by atoms with E-state index in [1.54, 1.807) is 0 Å². The predicted octanol–water partition coefficient (Wildman–Crippen LogP) is 1.44. The van der Waals surface area contributed by atoms with Gasteiger partial charge in [-0.25, -0.2) is 0 Å². The van der Waals surface area contributed by atoms with Crippen LogP contribution in [0.5, 0.6) is 0 Å². The van der Waals surface area contributed by atoms with Gasteiger partial charge in [0.2, 0.25) is 0 Å². The number of nitrogens with one attached hydrogen (secondary N) is 1. The lowest BCUT2D eigenvalue weighted by Gasteiger charge is -2.47. The zero-order chi connectivity index (χ0) is 15.0. The zero-order valence-corrected chi connectivity index (χ0v) is 14.0. The van der Waals surface area contributed by atoms with Crippen molar-refractivity contribution in [1.29, 1.82) is 0 Å². The normalized spacial score (nSPS) is 35.4. The van der Waals surface area contributed by atoms with Crippen molar-refractivity contribution in [3.8, 4) is 0 Å². The van der Waals surface area contributed by atoms with Crippen LogP contribution in [0.2, 0.25) is 0 Å². The van der Waals surface area contributed by atoms with E-state index < -0.39 is 0 Å². The fourth-order valence-electron chi connectivity index (χ4n) is 4.48. The third-order valence-electron chi connectivity index (χ3n) is 5.78. The standard InChI is InChI=1S/C17H33N3O/c1-13(9-17(3,12-21)18-15-6-7-15)20-11-16-5-4-8-19(16)10-14(20)2/h13-16,18,21H,4-12H2,1-3H3. The van der Waals surface area contributed by atoms with Crippen molar-refractivity contribution >= 4 is 0 Å². The molecule has 3 fully saturated rings. The third kappa shape index (κ3) is 3.61. The largest absolute Gasteiger partial charge is 0.394 e. The third-order valence-corrected chi connectivity index (χ3v) is 5.78. The van der Waals surface area contributed by atoms with Crippen molar-refractivity contribution < 1.29 is 5.11 Å². The van der Waals surface area contributed by atoms with Crippen LogP contribution < -0.4 is 5.32 Å². The smallest absolute Gasteiger partial charge is 0.0611 e. The molecule has 0 aromatic heterocycles. The van der Waals surface area contributed by atoms with Crippen LogP contribution in [0.15, 0.2) is 0 Å². The van der Waals surface area contributed by atoms with E-state index in [0.29, 0.717) is 18.1 Å². The second-order valence-electron chi connectivity index (χ2n) is 8.03. The molecular weight excluding hydrogens is 262 g/mol. The average Bonchev–Trinajstić information content (AvgIpc) is 3.13. The first kappa shape index (κ1) is 15.7. The Morgan fingerprint density at radius 1 is 1.29 bits per heavy atom. The van der Waals surface area contributed by atoms with Gasteiger partial charge in [-0.15, -0.1) is 0 Å². The number of hydrogen-bond donors (Lipinski definition) is 2. The molecule has 2 N–H and O–H groups in total. The monoisotopic (exact) mass is 295 g/mol. The van der Waals surface area contributed by atoms with Crippen molar-refractivity contribution in [2.45, 2.75) is 82.6 Å². The topological polar surface area (TPSA) is 38.7 Å². The molecular formula is C17H33N3O. The summed E-state index contributed by atoms with van der Waals surface area (Å²) in [7, 11) is 0. The second kappa shape index (κ2) is 6.15. The van der Waals surface area contributed by atoms with Crippen LogP contribution in [0, 0.1) is 0 Å². The molecule has 122 valence electrons. The minimum atomic E-state index is -0.118. The van der Waals surface area contributed by atoms with Gasteiger partial charge in [-0.1, -0.05) is 0 Å². The van der Waals surface area contributed by atoms with Gasteiger partial charge < -0.3 is 10.4 Å². The molecule has 2 saturated heterocycles. The van der Waals surface area contributed by atoms with E-state index >= 15 is 0 Å². The van der Waals surface area contributed by atoms with E-state index in [4.69, 9.17) is 0 Å². The summed E-state index contributed by atoms with van der Waals surface area (Å²) < 4.78 is 0. The molecule has 4 nitrogen and oxygen atoms in total. The lowest BCUT2D eigenvalue weighted by Crippen LogP contribution is -2.59. The van der Waals surface area contributed by atoms with E-state index in [1.807, 2.05) is 0 Å². The molecule has 1 saturated carbocycles. The summed E-state index contributed by atoms with van der Waals surface area (Å²) in [5.41, 5.74) is -0.118. The molecule has 0 radical (unpaired) electrons. The highest BCUT2D eigenvalue weighted by atomic mass is 16.3. The van der Waals surface area contributed by atoms with E-state index in [2.05, 4.69) is 35.9 Å². The number of aliphatic hydroxyl groups is 1. The minimum absolute atomic E-state index is 0.118. The van der Waals surface area contributed by atoms with E-state index in [1.165, 1.54) is 45.3 Å². The van der Waals surface area contributed by atoms with Gasteiger partial charge in [0, 0.05) is 42.8 Å². The van der Waals surface area contributed by atoms with Gasteiger partial charge >= 0.3 is 0 Å². The van der Waals surface area contributed by atoms with Crippen LogP contribution in [-0.4, -0.2) is 70.9 Å². The zero-order valence-electron chi connectivity index (χ0n) is 14.0. The molecule has 4 atom stereocenters. The Kier molecular flexibility index (Phi) is 4.60. The maximum Gasteiger partial charge on any atom is 0.0611 e. The number of rotatable bonds is 6. The first-order chi connectivity index (χ1) is 10.0. The Morgan fingerprint density at radius 3 is 2.71 bits per heavy atom. The molecule has 21 heavy (non-hydrogen) atoms. The van der Waals surface area contributed by atoms with Gasteiger partial charge in [0.25, 0.3) is 0 Å². The average molecular weight is 295 g/mol. The number of aliphatic hydroxyl groups excluding tert-OH is 1. The fraction of sp³-hybridized carbons (Fsp3) is 1.00. The van der Waals surface area contributed by atoms with Crippen molar-refractivity contribution in [3.05, 3.63) is 0 Å². The molecule has 3 rings (SSSR count). The van der Waals surface area contributed by atoms with Gasteiger partial charge in [-0.3, -0.25) is 9.80 Å². The van der Waals surface area contributed by atoms with Crippen LogP contribution in [0.3, 0.4) is 0 Å². The Labute approximate surface area is 129 Å². The summed E-state index contributed by atoms with van der Waals surface area (Å²) in [5, 5.41) is 13.5. The van der Waals surface area contributed by atoms with Gasteiger partial charge in [-0.05, 0) is 59.4 Å². The lowest BCUT2D eigenvalue weighted by atomic mass is 9.92. The summed E-state index contributed by atoms with van der Waals surface area (Å²) in [6.45, 7) is 10.9. The Morgan fingerprint density at radius 2 is 2.05 bits per heavy atom. The van der Waals surface area contributed by atoms with Crippen LogP contribution >= 0.6 is 0 Å². The van der Waals surface area contributed by atoms with Gasteiger partial charge in [0.1, 0.15) is 0 Å². The molecule has 0 amide bonds. The fourth-order valence-corrected chi connectivity index (χ4v) is 4.48. The van der Waals surface area contributed by atoms with E-state index in [0.717, 1.165) is 12.5 Å². The Hall–Kier alpha value is -0.160. The number of hydrogen-bond acceptors (Lipinski definition) is 4. The second-order valence-corrected chi connectivity index (χ2v) is 8.03. The van der Waals surface area contributed by atoms with Crippen molar-refractivity contribution in [2.24, 2.45) is 0 Å². The van der Waals surface area contributed by atoms with Gasteiger partial charge in [0.05, 0.1) is 6.61 Å². The highest BCUT2D eigenvalue weighted by Crippen LogP contribution is 2.29. The lowest BCUT2D eigenvalue weighted by molar-refractivity contribution is 0.0167. The first-order valence-electron chi connectivity index (χ1n) is 8.89. The highest BCUT2D eigenvalue weighted by Gasteiger charge is 2.39. The molecule has 4 heteroatoms. The van der Waals surface area contributed by atoms with Crippen molar-refractivity contribution in [3.63, 3.8) is 0 Å². The summed E-state index contributed by atoms with van der Waals surface area (Å²) in [6.07, 6.45) is 6.34. The van der Waals surface area contributed by atoms with Crippen LogP contribution in [-0.2, 0) is 0 Å². The van der Waals surface area contributed by atoms with Gasteiger partial charge in [-0.2, -0.15) is 0 Å². The van der Waals surface area contributed by atoms with Crippen LogP contribution in [0.1, 0.15) is 52.9 Å². The molecule has 0 bridgehead atoms. The minimum Gasteiger partial charge on any atom is -0.394 e. The SMILES string of the molecule is CC1CN2CCCC2CN1C(C)CC(C)(CO)NC1CC1. The maximum absolute atomic E-state index is 9.84. The molecule has 2 heterocycles. The first-order valence-corrected chi connectivity index (χ1v) is 8.89. The predicted molar refractivity (Wildman–Crippen MR) is 86.5 cm³/mol. The maximum atomic E-state index is 9.84. The Bertz CT molecular complexity index is 360. The molecule has 0 spiro atoms. The van der Waals surface area contributed by atoms with Crippen LogP contribution in [0.4, 0.5) is 0 Å². The van der Waals surface area contributed by atoms with E-state index in [9.17, 15) is 5.11 Å². The summed E-state index contributed by atoms with van der Waals surface area (Å²) >= 11 is 0. The highest BCUT2D eigenvalue weighted by molar-refractivity contribution is 4.97. The number of nitrogens with zero attached hydrogens (tertiary/aromatic N) is 2. The molecule has 0 aromatic rings. The summed E-state index contributed by atoms with van der Waals surface area (Å²) in [6, 6.07) is 2.60. The molecule has 1 aliphatic carbocycles. The number of piperazine rings is 1. The number of fused-ring (bicyclic) bond motifs is 1. The molecule has 0 aromatic carbocycles. The summed E-state index contributed by atoms with van der Waals surface area (Å²) in [4.78, 5) is 5.37.